The Balaban J connectivity index is 2.52. The monoisotopic (exact) mass is 282 g/mol. The predicted molar refractivity (Wildman–Crippen MR) is 70.4 cm³/mol. The molecular weight excluding hydrogens is 264 g/mol. The Bertz CT molecular complexity index is 403. The van der Waals surface area contributed by atoms with Crippen LogP contribution in [0.5, 0.6) is 0 Å². The first-order chi connectivity index (χ1) is 7.27. The molecule has 0 aliphatic heterocycles. The fourth-order valence-corrected chi connectivity index (χ4v) is 4.66. The lowest BCUT2D eigenvalue weighted by molar-refractivity contribution is -0.130. The van der Waals surface area contributed by atoms with Gasteiger partial charge < -0.3 is 0 Å². The molecule has 0 heterocycles. The van der Waals surface area contributed by atoms with Gasteiger partial charge in [-0.15, -0.1) is 0 Å². The highest BCUT2D eigenvalue weighted by atomic mass is 79.9. The standard InChI is InChI=1S/C14H19BrO/c1-9-5-6-11-13(2,3)7-10(15)8-14(11,4)12(9)16/h5,7,11H,6,8H2,1-4H3/t11-,14+/m1/s1. The number of Topliss-reactive ketones (excluding diaryl/α,β-unsaturated/α-hetero) is 1. The molecule has 0 amide bonds. The van der Waals surface area contributed by atoms with E-state index in [9.17, 15) is 4.79 Å². The molecule has 0 unspecified atom stereocenters. The number of allylic oxidation sites excluding steroid dienone is 4. The minimum Gasteiger partial charge on any atom is -0.294 e. The summed E-state index contributed by atoms with van der Waals surface area (Å²) in [5.41, 5.74) is 0.825. The van der Waals surface area contributed by atoms with Gasteiger partial charge >= 0.3 is 0 Å². The highest BCUT2D eigenvalue weighted by Crippen LogP contribution is 2.55. The Hall–Kier alpha value is -0.370. The maximum absolute atomic E-state index is 12.4. The van der Waals surface area contributed by atoms with Crippen molar-refractivity contribution < 1.29 is 4.79 Å². The highest BCUT2D eigenvalue weighted by Gasteiger charge is 2.51. The van der Waals surface area contributed by atoms with E-state index in [4.69, 9.17) is 0 Å². The zero-order chi connectivity index (χ0) is 12.1. The second-order valence-corrected chi connectivity index (χ2v) is 7.03. The molecule has 2 heteroatoms. The van der Waals surface area contributed by atoms with E-state index in [0.717, 1.165) is 18.4 Å². The average Bonchev–Trinajstić information content (AvgIpc) is 2.11. The number of carbonyl (C=O) groups excluding carboxylic acids is 1. The maximum Gasteiger partial charge on any atom is 0.164 e. The number of carbonyl (C=O) groups is 1. The van der Waals surface area contributed by atoms with Crippen molar-refractivity contribution in [2.24, 2.45) is 16.7 Å². The number of hydrogen-bond donors (Lipinski definition) is 0. The minimum absolute atomic E-state index is 0.0959. The molecule has 0 saturated carbocycles. The van der Waals surface area contributed by atoms with Crippen molar-refractivity contribution in [2.45, 2.75) is 40.5 Å². The number of fused-ring (bicyclic) bond motifs is 1. The molecule has 0 N–H and O–H groups in total. The molecule has 2 aliphatic rings. The van der Waals surface area contributed by atoms with Gasteiger partial charge in [-0.1, -0.05) is 48.9 Å². The van der Waals surface area contributed by atoms with Gasteiger partial charge in [0.05, 0.1) is 0 Å². The van der Waals surface area contributed by atoms with Crippen LogP contribution in [-0.4, -0.2) is 5.78 Å². The van der Waals surface area contributed by atoms with Crippen molar-refractivity contribution >= 4 is 21.7 Å². The zero-order valence-electron chi connectivity index (χ0n) is 10.4. The van der Waals surface area contributed by atoms with Gasteiger partial charge in [0.2, 0.25) is 0 Å². The van der Waals surface area contributed by atoms with E-state index in [1.807, 2.05) is 6.92 Å². The summed E-state index contributed by atoms with van der Waals surface area (Å²) in [5, 5.41) is 0. The van der Waals surface area contributed by atoms with E-state index in [-0.39, 0.29) is 10.8 Å². The van der Waals surface area contributed by atoms with E-state index in [1.165, 1.54) is 4.48 Å². The third-order valence-electron chi connectivity index (χ3n) is 4.27. The third kappa shape index (κ3) is 1.62. The Labute approximate surface area is 106 Å². The second-order valence-electron chi connectivity index (χ2n) is 6.01. The van der Waals surface area contributed by atoms with Crippen LogP contribution < -0.4 is 0 Å². The normalized spacial score (nSPS) is 37.6. The lowest BCUT2D eigenvalue weighted by Gasteiger charge is -2.49. The van der Waals surface area contributed by atoms with Crippen LogP contribution in [0.25, 0.3) is 0 Å². The van der Waals surface area contributed by atoms with Crippen LogP contribution >= 0.6 is 15.9 Å². The van der Waals surface area contributed by atoms with Crippen LogP contribution in [-0.2, 0) is 4.79 Å². The molecule has 0 fully saturated rings. The van der Waals surface area contributed by atoms with Crippen molar-refractivity contribution in [3.63, 3.8) is 0 Å². The van der Waals surface area contributed by atoms with Gasteiger partial charge in [-0.3, -0.25) is 4.79 Å². The van der Waals surface area contributed by atoms with Gasteiger partial charge in [-0.05, 0) is 41.2 Å². The lowest BCUT2D eigenvalue weighted by atomic mass is 9.54. The quantitative estimate of drug-likeness (QED) is 0.650. The van der Waals surface area contributed by atoms with Gasteiger partial charge in [-0.25, -0.2) is 0 Å². The molecule has 0 spiro atoms. The molecule has 2 aliphatic carbocycles. The Morgan fingerprint density at radius 2 is 2.00 bits per heavy atom. The fourth-order valence-electron chi connectivity index (χ4n) is 3.49. The van der Waals surface area contributed by atoms with Crippen molar-refractivity contribution in [3.05, 3.63) is 22.2 Å². The van der Waals surface area contributed by atoms with Crippen molar-refractivity contribution in [1.82, 2.24) is 0 Å². The summed E-state index contributed by atoms with van der Waals surface area (Å²) in [5.74, 6) is 0.763. The molecule has 1 nitrogen and oxygen atoms in total. The van der Waals surface area contributed by atoms with Crippen molar-refractivity contribution in [1.29, 1.82) is 0 Å². The lowest BCUT2D eigenvalue weighted by Crippen LogP contribution is -2.47. The Kier molecular flexibility index (Phi) is 2.69. The first kappa shape index (κ1) is 12.1. The molecule has 0 saturated heterocycles. The number of ketones is 1. The van der Waals surface area contributed by atoms with E-state index in [0.29, 0.717) is 11.7 Å². The van der Waals surface area contributed by atoms with Crippen LogP contribution in [0.1, 0.15) is 40.5 Å². The molecule has 88 valence electrons. The SMILES string of the molecule is CC1=CC[C@@H]2C(C)(C)C=C(Br)C[C@]2(C)C1=O. The van der Waals surface area contributed by atoms with Crippen LogP contribution in [0, 0.1) is 16.7 Å². The van der Waals surface area contributed by atoms with E-state index in [2.05, 4.69) is 48.9 Å². The zero-order valence-corrected chi connectivity index (χ0v) is 12.0. The average molecular weight is 283 g/mol. The fraction of sp³-hybridized carbons (Fsp3) is 0.643. The van der Waals surface area contributed by atoms with Crippen LogP contribution in [0.3, 0.4) is 0 Å². The molecule has 0 aromatic heterocycles. The van der Waals surface area contributed by atoms with Crippen molar-refractivity contribution in [3.8, 4) is 0 Å². The molecular formula is C14H19BrO. The molecule has 0 aromatic rings. The molecule has 16 heavy (non-hydrogen) atoms. The van der Waals surface area contributed by atoms with Gasteiger partial charge in [0.25, 0.3) is 0 Å². The predicted octanol–water partition coefficient (Wildman–Crippen LogP) is 4.24. The van der Waals surface area contributed by atoms with Crippen LogP contribution in [0.2, 0.25) is 0 Å². The molecule has 2 rings (SSSR count). The summed E-state index contributed by atoms with van der Waals surface area (Å²) < 4.78 is 1.18. The van der Waals surface area contributed by atoms with Gasteiger partial charge in [0.15, 0.2) is 5.78 Å². The largest absolute Gasteiger partial charge is 0.294 e. The van der Waals surface area contributed by atoms with Crippen molar-refractivity contribution in [2.75, 3.05) is 0 Å². The summed E-state index contributed by atoms with van der Waals surface area (Å²) in [6, 6.07) is 0. The van der Waals surface area contributed by atoms with Crippen LogP contribution in [0.4, 0.5) is 0 Å². The third-order valence-corrected chi connectivity index (χ3v) is 4.78. The smallest absolute Gasteiger partial charge is 0.164 e. The summed E-state index contributed by atoms with van der Waals surface area (Å²) in [6.07, 6.45) is 6.27. The second kappa shape index (κ2) is 3.56. The maximum atomic E-state index is 12.4. The summed E-state index contributed by atoms with van der Waals surface area (Å²) in [4.78, 5) is 12.4. The van der Waals surface area contributed by atoms with Gasteiger partial charge in [-0.2, -0.15) is 0 Å². The van der Waals surface area contributed by atoms with E-state index in [1.54, 1.807) is 0 Å². The van der Waals surface area contributed by atoms with Gasteiger partial charge in [0, 0.05) is 5.41 Å². The highest BCUT2D eigenvalue weighted by molar-refractivity contribution is 9.11. The van der Waals surface area contributed by atoms with Gasteiger partial charge in [0.1, 0.15) is 0 Å². The first-order valence-corrected chi connectivity index (χ1v) is 6.65. The summed E-state index contributed by atoms with van der Waals surface area (Å²) in [6.45, 7) is 8.55. The summed E-state index contributed by atoms with van der Waals surface area (Å²) >= 11 is 3.60. The Morgan fingerprint density at radius 1 is 1.38 bits per heavy atom. The van der Waals surface area contributed by atoms with E-state index < -0.39 is 0 Å². The van der Waals surface area contributed by atoms with E-state index >= 15 is 0 Å². The summed E-state index contributed by atoms with van der Waals surface area (Å²) in [7, 11) is 0. The van der Waals surface area contributed by atoms with Crippen LogP contribution in [0.15, 0.2) is 22.2 Å². The Morgan fingerprint density at radius 3 is 2.62 bits per heavy atom. The molecule has 2 atom stereocenters. The number of rotatable bonds is 0. The minimum atomic E-state index is -0.212. The topological polar surface area (TPSA) is 17.1 Å². The number of halogens is 1. The number of hydrogen-bond acceptors (Lipinski definition) is 1. The first-order valence-electron chi connectivity index (χ1n) is 5.86. The molecule has 0 radical (unpaired) electrons. The molecule has 0 aromatic carbocycles. The molecule has 0 bridgehead atoms.